The summed E-state index contributed by atoms with van der Waals surface area (Å²) in [7, 11) is 0. The second-order valence-electron chi connectivity index (χ2n) is 15.5. The van der Waals surface area contributed by atoms with E-state index in [2.05, 4.69) is 10.6 Å². The molecule has 5 aliphatic heterocycles. The molecule has 5 aliphatic rings. The lowest BCUT2D eigenvalue weighted by Gasteiger charge is -2.50. The largest absolute Gasteiger partial charge is 0.394 e. The Balaban J connectivity index is 1.47. The highest BCUT2D eigenvalue weighted by molar-refractivity contribution is 5.73. The van der Waals surface area contributed by atoms with E-state index in [1.54, 1.807) is 0 Å². The van der Waals surface area contributed by atoms with Crippen molar-refractivity contribution in [2.45, 2.75) is 167 Å². The minimum Gasteiger partial charge on any atom is -0.394 e. The third-order valence-corrected chi connectivity index (χ3v) is 11.1. The van der Waals surface area contributed by atoms with Crippen molar-refractivity contribution < 1.29 is 129 Å². The molecule has 17 N–H and O–H groups in total. The second-order valence-corrected chi connectivity index (χ2v) is 15.5. The third-order valence-electron chi connectivity index (χ3n) is 11.1. The number of hydrogen-bond donors (Lipinski definition) is 17. The summed E-state index contributed by atoms with van der Waals surface area (Å²) in [6.45, 7) is -2.38. The van der Waals surface area contributed by atoms with Gasteiger partial charge in [0, 0.05) is 13.8 Å². The van der Waals surface area contributed by atoms with Crippen molar-refractivity contribution in [3.8, 4) is 0 Å². The molecule has 0 aromatic carbocycles. The molecule has 28 nitrogen and oxygen atoms in total. The maximum Gasteiger partial charge on any atom is 0.217 e. The fraction of sp³-hybridized carbons (Fsp3) is 0.941. The molecule has 0 aromatic rings. The highest BCUT2D eigenvalue weighted by atomic mass is 16.8. The van der Waals surface area contributed by atoms with Gasteiger partial charge in [-0.1, -0.05) is 0 Å². The Labute approximate surface area is 351 Å². The molecular weight excluding hydrogens is 852 g/mol. The first-order chi connectivity index (χ1) is 29.3. The maximum atomic E-state index is 12.1. The Kier molecular flexibility index (Phi) is 18.1. The van der Waals surface area contributed by atoms with Crippen molar-refractivity contribution in [2.75, 3.05) is 33.0 Å². The molecule has 5 heterocycles. The molecule has 0 spiro atoms. The van der Waals surface area contributed by atoms with Crippen molar-refractivity contribution in [3.05, 3.63) is 0 Å². The molecule has 0 aliphatic carbocycles. The Bertz CT molecular complexity index is 1440. The van der Waals surface area contributed by atoms with Crippen LogP contribution in [0.2, 0.25) is 0 Å². The average Bonchev–Trinajstić information content (AvgIpc) is 3.23. The third kappa shape index (κ3) is 11.0. The zero-order valence-corrected chi connectivity index (χ0v) is 33.2. The summed E-state index contributed by atoms with van der Waals surface area (Å²) in [6.07, 6.45) is -43.0. The zero-order chi connectivity index (χ0) is 45.9. The molecule has 5 fully saturated rings. The van der Waals surface area contributed by atoms with Crippen molar-refractivity contribution in [1.82, 2.24) is 10.6 Å². The molecule has 0 radical (unpaired) electrons. The topological polar surface area (TPSA) is 445 Å². The number of aliphatic hydroxyl groups excluding tert-OH is 15. The van der Waals surface area contributed by atoms with Crippen molar-refractivity contribution >= 4 is 11.8 Å². The molecule has 0 aromatic heterocycles. The number of rotatable bonds is 15. The van der Waals surface area contributed by atoms with Gasteiger partial charge in [-0.3, -0.25) is 9.59 Å². The van der Waals surface area contributed by atoms with Gasteiger partial charge in [0.2, 0.25) is 11.8 Å². The predicted molar refractivity (Wildman–Crippen MR) is 190 cm³/mol. The number of amides is 2. The monoisotopic (exact) mass is 910 g/mol. The average molecular weight is 911 g/mol. The molecule has 360 valence electrons. The lowest BCUT2D eigenvalue weighted by atomic mass is 9.94. The summed E-state index contributed by atoms with van der Waals surface area (Å²) in [6, 6.07) is -3.19. The maximum absolute atomic E-state index is 12.1. The normalized spacial score (nSPS) is 49.0. The Morgan fingerprint density at radius 2 is 0.887 bits per heavy atom. The van der Waals surface area contributed by atoms with Crippen LogP contribution in [0, 0.1) is 0 Å². The van der Waals surface area contributed by atoms with E-state index in [4.69, 9.17) is 42.6 Å². The van der Waals surface area contributed by atoms with E-state index < -0.39 is 198 Å². The van der Waals surface area contributed by atoms with Crippen LogP contribution in [0.15, 0.2) is 0 Å². The van der Waals surface area contributed by atoms with Gasteiger partial charge in [0.25, 0.3) is 0 Å². The smallest absolute Gasteiger partial charge is 0.217 e. The van der Waals surface area contributed by atoms with E-state index in [0.717, 1.165) is 13.8 Å². The Morgan fingerprint density at radius 1 is 0.419 bits per heavy atom. The summed E-state index contributed by atoms with van der Waals surface area (Å²) in [5.74, 6) is -1.49. The first-order valence-corrected chi connectivity index (χ1v) is 19.6. The van der Waals surface area contributed by atoms with Gasteiger partial charge in [0.15, 0.2) is 31.5 Å². The van der Waals surface area contributed by atoms with E-state index in [1.165, 1.54) is 0 Å². The molecule has 5 rings (SSSR count). The van der Waals surface area contributed by atoms with Gasteiger partial charge in [-0.15, -0.1) is 0 Å². The second kappa shape index (κ2) is 22.0. The van der Waals surface area contributed by atoms with E-state index in [1.807, 2.05) is 0 Å². The standard InChI is InChI=1S/C34H58N2O26/c1-8(41)35-15-22(48)27(13(6-40)55-30(15)53)60-33-26(52)28(20(46)14(59-33)7-54-32-25(51)23(49)18(44)11(4-38)57-32)61-34-29(24(50)19(45)12(5-39)58-34)62-31-16(36-9(2)42)21(47)17(43)10(3-37)56-31/h10-34,37-40,43-53H,3-7H2,1-2H3,(H,35,41)(H,36,42)/t10-,11-,12-,13-,14-,15-,16-,17-,18-,19-,20-,21-,22-,23+,24+,25+,26+,27-,28+,29+,30?,31+,32+,33+,34-/m1/s1. The SMILES string of the molecule is CC(=O)N[C@H]1[C@H](O[C@@H]2[C@@H](O[C@@H]3[C@H](O)[C@H](O[C@H]4[C@H](O)[C@@H](NC(C)=O)C(O)O[C@@H]4CO)O[C@H](CO[C@H]4O[C@H](CO)[C@@H](O)[C@H](O)[C@@H]4O)[C@H]3O)O[C@H](CO)[C@@H](O)[C@@H]2O)O[C@H](CO)[C@@H](O)[C@@H]1O. The van der Waals surface area contributed by atoms with Crippen LogP contribution in [0.25, 0.3) is 0 Å². The van der Waals surface area contributed by atoms with Crippen LogP contribution in [0.3, 0.4) is 0 Å². The molecule has 0 saturated carbocycles. The number of hydrogen-bond acceptors (Lipinski definition) is 26. The number of ether oxygens (including phenoxy) is 9. The predicted octanol–water partition coefficient (Wildman–Crippen LogP) is -11.6. The molecule has 1 unspecified atom stereocenters. The number of aliphatic hydroxyl groups is 15. The van der Waals surface area contributed by atoms with Gasteiger partial charge in [-0.05, 0) is 0 Å². The van der Waals surface area contributed by atoms with Crippen LogP contribution >= 0.6 is 0 Å². The summed E-state index contributed by atoms with van der Waals surface area (Å²) in [4.78, 5) is 24.0. The number of carbonyl (C=O) groups is 2. The summed E-state index contributed by atoms with van der Waals surface area (Å²) >= 11 is 0. The molecule has 5 saturated heterocycles. The van der Waals surface area contributed by atoms with Crippen molar-refractivity contribution in [3.63, 3.8) is 0 Å². The van der Waals surface area contributed by atoms with E-state index in [9.17, 15) is 86.2 Å². The fourth-order valence-corrected chi connectivity index (χ4v) is 7.71. The minimum atomic E-state index is -2.22. The molecule has 0 bridgehead atoms. The highest BCUT2D eigenvalue weighted by Crippen LogP contribution is 2.35. The van der Waals surface area contributed by atoms with Gasteiger partial charge >= 0.3 is 0 Å². The molecule has 25 atom stereocenters. The lowest BCUT2D eigenvalue weighted by Crippen LogP contribution is -2.69. The molecular formula is C34H58N2O26. The van der Waals surface area contributed by atoms with Crippen LogP contribution in [-0.2, 0) is 52.2 Å². The summed E-state index contributed by atoms with van der Waals surface area (Å²) < 4.78 is 51.1. The Hall–Kier alpha value is -2.02. The number of carbonyl (C=O) groups excluding carboxylic acids is 2. The first-order valence-electron chi connectivity index (χ1n) is 19.6. The molecule has 62 heavy (non-hydrogen) atoms. The van der Waals surface area contributed by atoms with Crippen LogP contribution < -0.4 is 10.6 Å². The van der Waals surface area contributed by atoms with E-state index in [0.29, 0.717) is 0 Å². The van der Waals surface area contributed by atoms with Gasteiger partial charge in [-0.25, -0.2) is 0 Å². The van der Waals surface area contributed by atoms with Crippen LogP contribution in [0.4, 0.5) is 0 Å². The first kappa shape index (κ1) is 51.0. The summed E-state index contributed by atoms with van der Waals surface area (Å²) in [5.41, 5.74) is 0. The van der Waals surface area contributed by atoms with Crippen LogP contribution in [0.5, 0.6) is 0 Å². The van der Waals surface area contributed by atoms with Crippen LogP contribution in [0.1, 0.15) is 13.8 Å². The van der Waals surface area contributed by atoms with E-state index in [-0.39, 0.29) is 0 Å². The van der Waals surface area contributed by atoms with Crippen molar-refractivity contribution in [1.29, 1.82) is 0 Å². The zero-order valence-electron chi connectivity index (χ0n) is 33.2. The molecule has 28 heteroatoms. The van der Waals surface area contributed by atoms with Gasteiger partial charge < -0.3 is 130 Å². The van der Waals surface area contributed by atoms with E-state index >= 15 is 0 Å². The highest BCUT2D eigenvalue weighted by Gasteiger charge is 2.56. The molecule has 2 amide bonds. The lowest BCUT2D eigenvalue weighted by molar-refractivity contribution is -0.392. The quantitative estimate of drug-likeness (QED) is 0.0725. The van der Waals surface area contributed by atoms with Crippen molar-refractivity contribution in [2.24, 2.45) is 0 Å². The summed E-state index contributed by atoms with van der Waals surface area (Å²) in [5, 5.41) is 164. The van der Waals surface area contributed by atoms with Crippen LogP contribution in [-0.4, -0.2) is 275 Å². The fourth-order valence-electron chi connectivity index (χ4n) is 7.71. The number of nitrogens with one attached hydrogen (secondary N) is 2. The minimum absolute atomic E-state index is 0.730. The van der Waals surface area contributed by atoms with Gasteiger partial charge in [0.1, 0.15) is 122 Å². The van der Waals surface area contributed by atoms with Gasteiger partial charge in [0.05, 0.1) is 33.0 Å². The Morgan fingerprint density at radius 3 is 1.45 bits per heavy atom. The van der Waals surface area contributed by atoms with Gasteiger partial charge in [-0.2, -0.15) is 0 Å².